The second kappa shape index (κ2) is 7.85. The van der Waals surface area contributed by atoms with Crippen molar-refractivity contribution >= 4 is 16.8 Å². The number of H-pyrrole nitrogens is 2. The van der Waals surface area contributed by atoms with Crippen LogP contribution in [0.4, 0.5) is 13.2 Å². The van der Waals surface area contributed by atoms with Gasteiger partial charge in [-0.15, -0.1) is 0 Å². The molecule has 8 heteroatoms. The van der Waals surface area contributed by atoms with Crippen LogP contribution in [0.25, 0.3) is 22.2 Å². The van der Waals surface area contributed by atoms with Gasteiger partial charge in [-0.25, -0.2) is 13.2 Å². The molecule has 1 fully saturated rings. The molecular formula is C24H21F3N4O. The van der Waals surface area contributed by atoms with Gasteiger partial charge in [-0.1, -0.05) is 0 Å². The van der Waals surface area contributed by atoms with Crippen molar-refractivity contribution in [3.05, 3.63) is 77.4 Å². The molecule has 1 atom stereocenters. The Labute approximate surface area is 182 Å². The standard InChI is InChI=1S/C24H21F3N4O/c1-12(20-6-7-28-31-20)29-24(32)15-8-14(9-15)21-18-10-17(26)11-19(27)23(18)30-22(21)13-2-4-16(25)5-3-13/h2-7,10-12,14-15,30H,8-9H2,1H3,(H,28,31)(H,29,32)/t12?,14-,15-. The van der Waals surface area contributed by atoms with E-state index in [1.54, 1.807) is 24.4 Å². The van der Waals surface area contributed by atoms with Gasteiger partial charge in [0, 0.05) is 23.6 Å². The summed E-state index contributed by atoms with van der Waals surface area (Å²) in [5.41, 5.74) is 3.09. The molecule has 2 aromatic heterocycles. The van der Waals surface area contributed by atoms with Crippen molar-refractivity contribution in [3.8, 4) is 11.3 Å². The molecule has 2 heterocycles. The van der Waals surface area contributed by atoms with Crippen LogP contribution in [0.15, 0.2) is 48.7 Å². The molecule has 1 unspecified atom stereocenters. The minimum Gasteiger partial charge on any atom is -0.352 e. The first-order valence-corrected chi connectivity index (χ1v) is 10.5. The highest BCUT2D eigenvalue weighted by Crippen LogP contribution is 2.48. The molecule has 4 aromatic rings. The SMILES string of the molecule is CC(NC(=O)[C@H]1C[C@H](c2c(-c3ccc(F)cc3)[nH]c3c(F)cc(F)cc32)C1)c1ccn[nH]1. The average Bonchev–Trinajstić information content (AvgIpc) is 3.37. The fraction of sp³-hybridized carbons (Fsp3) is 0.250. The van der Waals surface area contributed by atoms with E-state index >= 15 is 0 Å². The Morgan fingerprint density at radius 1 is 1.09 bits per heavy atom. The van der Waals surface area contributed by atoms with Crippen LogP contribution in [0, 0.1) is 23.4 Å². The predicted octanol–water partition coefficient (Wildman–Crippen LogP) is 5.35. The topological polar surface area (TPSA) is 73.6 Å². The quantitative estimate of drug-likeness (QED) is 0.393. The molecule has 5 rings (SSSR count). The zero-order valence-corrected chi connectivity index (χ0v) is 17.3. The Morgan fingerprint density at radius 2 is 1.84 bits per heavy atom. The number of benzene rings is 2. The lowest BCUT2D eigenvalue weighted by Gasteiger charge is -2.35. The van der Waals surface area contributed by atoms with Crippen molar-refractivity contribution in [3.63, 3.8) is 0 Å². The van der Waals surface area contributed by atoms with Crippen LogP contribution in [0.2, 0.25) is 0 Å². The van der Waals surface area contributed by atoms with Gasteiger partial charge >= 0.3 is 0 Å². The predicted molar refractivity (Wildman–Crippen MR) is 114 cm³/mol. The third-order valence-corrected chi connectivity index (χ3v) is 6.26. The van der Waals surface area contributed by atoms with E-state index in [2.05, 4.69) is 20.5 Å². The summed E-state index contributed by atoms with van der Waals surface area (Å²) in [6.07, 6.45) is 2.74. The normalized spacial score (nSPS) is 19.0. The summed E-state index contributed by atoms with van der Waals surface area (Å²) in [6, 6.07) is 9.62. The van der Waals surface area contributed by atoms with Crippen molar-refractivity contribution in [2.24, 2.45) is 5.92 Å². The van der Waals surface area contributed by atoms with E-state index in [1.807, 2.05) is 6.92 Å². The third kappa shape index (κ3) is 3.55. The van der Waals surface area contributed by atoms with Gasteiger partial charge in [0.15, 0.2) is 0 Å². The molecule has 32 heavy (non-hydrogen) atoms. The van der Waals surface area contributed by atoms with E-state index in [0.717, 1.165) is 17.3 Å². The second-order valence-electron chi connectivity index (χ2n) is 8.34. The number of aromatic nitrogens is 3. The minimum atomic E-state index is -0.684. The molecule has 0 saturated heterocycles. The smallest absolute Gasteiger partial charge is 0.223 e. The van der Waals surface area contributed by atoms with E-state index in [0.29, 0.717) is 29.5 Å². The number of carbonyl (C=O) groups excluding carboxylic acids is 1. The van der Waals surface area contributed by atoms with Crippen LogP contribution in [-0.2, 0) is 4.79 Å². The summed E-state index contributed by atoms with van der Waals surface area (Å²) >= 11 is 0. The van der Waals surface area contributed by atoms with Gasteiger partial charge in [0.1, 0.15) is 17.5 Å². The van der Waals surface area contributed by atoms with Crippen molar-refractivity contribution < 1.29 is 18.0 Å². The molecule has 1 aliphatic carbocycles. The van der Waals surface area contributed by atoms with E-state index < -0.39 is 11.6 Å². The van der Waals surface area contributed by atoms with Crippen molar-refractivity contribution in [1.82, 2.24) is 20.5 Å². The van der Waals surface area contributed by atoms with Crippen LogP contribution in [0.3, 0.4) is 0 Å². The Bertz CT molecular complexity index is 1280. The molecule has 0 bridgehead atoms. The number of halogens is 3. The van der Waals surface area contributed by atoms with Crippen molar-refractivity contribution in [1.29, 1.82) is 0 Å². The van der Waals surface area contributed by atoms with E-state index in [1.165, 1.54) is 18.2 Å². The first-order valence-electron chi connectivity index (χ1n) is 10.5. The van der Waals surface area contributed by atoms with Crippen LogP contribution in [0.5, 0.6) is 0 Å². The van der Waals surface area contributed by atoms with Gasteiger partial charge in [-0.2, -0.15) is 5.10 Å². The zero-order valence-electron chi connectivity index (χ0n) is 17.3. The molecule has 1 aliphatic rings. The number of nitrogens with one attached hydrogen (secondary N) is 3. The fourth-order valence-corrected chi connectivity index (χ4v) is 4.49. The number of rotatable bonds is 5. The van der Waals surface area contributed by atoms with E-state index in [9.17, 15) is 18.0 Å². The third-order valence-electron chi connectivity index (χ3n) is 6.26. The Kier molecular flexibility index (Phi) is 5.00. The molecule has 0 radical (unpaired) electrons. The highest BCUT2D eigenvalue weighted by molar-refractivity contribution is 5.92. The summed E-state index contributed by atoms with van der Waals surface area (Å²) in [5, 5.41) is 10.2. The first kappa shape index (κ1) is 20.4. The molecule has 1 amide bonds. The highest BCUT2D eigenvalue weighted by Gasteiger charge is 2.39. The largest absolute Gasteiger partial charge is 0.352 e. The second-order valence-corrected chi connectivity index (χ2v) is 8.34. The molecular weight excluding hydrogens is 417 g/mol. The maximum Gasteiger partial charge on any atom is 0.223 e. The first-order chi connectivity index (χ1) is 15.4. The fourth-order valence-electron chi connectivity index (χ4n) is 4.49. The van der Waals surface area contributed by atoms with Crippen molar-refractivity contribution in [2.45, 2.75) is 31.7 Å². The lowest BCUT2D eigenvalue weighted by Crippen LogP contribution is -2.39. The Balaban J connectivity index is 1.43. The van der Waals surface area contributed by atoms with Crippen LogP contribution in [0.1, 0.15) is 43.0 Å². The maximum atomic E-state index is 14.5. The molecule has 2 aromatic carbocycles. The monoisotopic (exact) mass is 438 g/mol. The molecule has 1 saturated carbocycles. The summed E-state index contributed by atoms with van der Waals surface area (Å²) in [7, 11) is 0. The number of nitrogens with zero attached hydrogens (tertiary/aromatic N) is 1. The van der Waals surface area contributed by atoms with E-state index in [-0.39, 0.29) is 35.1 Å². The molecule has 0 aliphatic heterocycles. The number of amides is 1. The van der Waals surface area contributed by atoms with Gasteiger partial charge < -0.3 is 10.3 Å². The highest BCUT2D eigenvalue weighted by atomic mass is 19.1. The lowest BCUT2D eigenvalue weighted by atomic mass is 9.69. The lowest BCUT2D eigenvalue weighted by molar-refractivity contribution is -0.128. The Hall–Kier alpha value is -3.55. The zero-order chi connectivity index (χ0) is 22.4. The molecule has 5 nitrogen and oxygen atoms in total. The van der Waals surface area contributed by atoms with Gasteiger partial charge in [0.25, 0.3) is 0 Å². The molecule has 0 spiro atoms. The molecule has 3 N–H and O–H groups in total. The van der Waals surface area contributed by atoms with Gasteiger partial charge in [0.2, 0.25) is 5.91 Å². The van der Waals surface area contributed by atoms with Crippen molar-refractivity contribution in [2.75, 3.05) is 0 Å². The molecule has 164 valence electrons. The van der Waals surface area contributed by atoms with Crippen LogP contribution < -0.4 is 5.32 Å². The summed E-state index contributed by atoms with van der Waals surface area (Å²) in [4.78, 5) is 15.8. The van der Waals surface area contributed by atoms with Crippen LogP contribution >= 0.6 is 0 Å². The number of hydrogen-bond acceptors (Lipinski definition) is 2. The van der Waals surface area contributed by atoms with Gasteiger partial charge in [0.05, 0.1) is 22.9 Å². The maximum absolute atomic E-state index is 14.5. The summed E-state index contributed by atoms with van der Waals surface area (Å²) < 4.78 is 42.0. The number of fused-ring (bicyclic) bond motifs is 1. The minimum absolute atomic E-state index is 0.0526. The number of carbonyl (C=O) groups is 1. The summed E-state index contributed by atoms with van der Waals surface area (Å²) in [5.74, 6) is -2.04. The van der Waals surface area contributed by atoms with Gasteiger partial charge in [-0.05, 0) is 73.2 Å². The van der Waals surface area contributed by atoms with Gasteiger partial charge in [-0.3, -0.25) is 9.89 Å². The Morgan fingerprint density at radius 3 is 2.53 bits per heavy atom. The van der Waals surface area contributed by atoms with Crippen LogP contribution in [-0.4, -0.2) is 21.1 Å². The summed E-state index contributed by atoms with van der Waals surface area (Å²) in [6.45, 7) is 1.87. The average molecular weight is 438 g/mol. The number of aromatic amines is 2. The van der Waals surface area contributed by atoms with E-state index in [4.69, 9.17) is 0 Å². The number of hydrogen-bond donors (Lipinski definition) is 3.